The van der Waals surface area contributed by atoms with Crippen LogP contribution < -0.4 is 0 Å². The molecule has 4 aliphatic carbocycles. The van der Waals surface area contributed by atoms with Crippen molar-refractivity contribution in [3.05, 3.63) is 47.0 Å². The van der Waals surface area contributed by atoms with Gasteiger partial charge in [0.15, 0.2) is 0 Å². The summed E-state index contributed by atoms with van der Waals surface area (Å²) in [4.78, 5) is 0. The zero-order valence-corrected chi connectivity index (χ0v) is 14.2. The van der Waals surface area contributed by atoms with Gasteiger partial charge in [-0.3, -0.25) is 0 Å². The van der Waals surface area contributed by atoms with Gasteiger partial charge in [-0.2, -0.15) is 0 Å². The first-order chi connectivity index (χ1) is 11.8. The van der Waals surface area contributed by atoms with Gasteiger partial charge in [0.25, 0.3) is 0 Å². The van der Waals surface area contributed by atoms with Crippen LogP contribution in [0, 0.1) is 17.8 Å². The molecule has 1 aliphatic heterocycles. The molecule has 0 radical (unpaired) electrons. The molecule has 1 aromatic carbocycles. The van der Waals surface area contributed by atoms with Gasteiger partial charge in [0, 0.05) is 11.8 Å². The van der Waals surface area contributed by atoms with Crippen LogP contribution in [0.4, 0.5) is 0 Å². The lowest BCUT2D eigenvalue weighted by Gasteiger charge is -2.56. The molecule has 4 saturated carbocycles. The Morgan fingerprint density at radius 1 is 0.833 bits per heavy atom. The van der Waals surface area contributed by atoms with Gasteiger partial charge in [-0.1, -0.05) is 24.3 Å². The van der Waals surface area contributed by atoms with E-state index >= 15 is 0 Å². The fourth-order valence-electron chi connectivity index (χ4n) is 6.84. The summed E-state index contributed by atoms with van der Waals surface area (Å²) in [5.41, 5.74) is 3.32. The highest BCUT2D eigenvalue weighted by molar-refractivity contribution is 5.31. The zero-order chi connectivity index (χ0) is 15.7. The van der Waals surface area contributed by atoms with Gasteiger partial charge in [0.1, 0.15) is 11.6 Å². The molecule has 0 atom stereocenters. The maximum atomic E-state index is 4.82. The molecule has 0 spiro atoms. The van der Waals surface area contributed by atoms with Gasteiger partial charge in [-0.25, -0.2) is 0 Å². The third-order valence-electron chi connectivity index (χ3n) is 7.40. The Morgan fingerprint density at radius 2 is 1.50 bits per heavy atom. The van der Waals surface area contributed by atoms with Crippen LogP contribution in [0.1, 0.15) is 61.3 Å². The van der Waals surface area contributed by atoms with Crippen LogP contribution in [0.5, 0.6) is 0 Å². The number of hydrogen-bond donors (Lipinski definition) is 0. The lowest BCUT2D eigenvalue weighted by molar-refractivity contribution is -0.0110. The number of hydrogen-bond acceptors (Lipinski definition) is 2. The second-order valence-corrected chi connectivity index (χ2v) is 8.99. The van der Waals surface area contributed by atoms with Crippen LogP contribution in [-0.4, -0.2) is 14.8 Å². The third kappa shape index (κ3) is 1.84. The standard InChI is InChI=1S/C21H25N3/c1-2-4-18-13-24-19(6-5-17(18)3-1)22-23-20(24)21-10-14-7-15(11-21)9-16(8-14)12-21/h1-4,14-16H,5-13H2. The van der Waals surface area contributed by atoms with Gasteiger partial charge in [0.2, 0.25) is 0 Å². The summed E-state index contributed by atoms with van der Waals surface area (Å²) >= 11 is 0. The fourth-order valence-corrected chi connectivity index (χ4v) is 6.84. The van der Waals surface area contributed by atoms with Gasteiger partial charge in [0.05, 0.1) is 6.54 Å². The number of nitrogens with zero attached hydrogens (tertiary/aromatic N) is 3. The number of rotatable bonds is 1. The smallest absolute Gasteiger partial charge is 0.139 e. The second kappa shape index (κ2) is 4.71. The van der Waals surface area contributed by atoms with Crippen molar-refractivity contribution < 1.29 is 0 Å². The van der Waals surface area contributed by atoms with Crippen LogP contribution in [0.2, 0.25) is 0 Å². The Bertz CT molecular complexity index is 768. The largest absolute Gasteiger partial charge is 0.310 e. The summed E-state index contributed by atoms with van der Waals surface area (Å²) in [6.45, 7) is 0.982. The average molecular weight is 319 g/mol. The molecule has 0 N–H and O–H groups in total. The van der Waals surface area contributed by atoms with Gasteiger partial charge in [-0.15, -0.1) is 10.2 Å². The molecule has 7 rings (SSSR count). The Kier molecular flexibility index (Phi) is 2.67. The number of benzene rings is 1. The lowest BCUT2D eigenvalue weighted by atomic mass is 9.49. The molecule has 0 saturated heterocycles. The molecule has 0 unspecified atom stereocenters. The predicted octanol–water partition coefficient (Wildman–Crippen LogP) is 3.89. The van der Waals surface area contributed by atoms with Crippen molar-refractivity contribution in [1.82, 2.24) is 14.8 Å². The third-order valence-corrected chi connectivity index (χ3v) is 7.40. The quantitative estimate of drug-likeness (QED) is 0.798. The summed E-state index contributed by atoms with van der Waals surface area (Å²) < 4.78 is 2.51. The minimum absolute atomic E-state index is 0.347. The molecular weight excluding hydrogens is 294 g/mol. The van der Waals surface area contributed by atoms with Gasteiger partial charge >= 0.3 is 0 Å². The van der Waals surface area contributed by atoms with Crippen molar-refractivity contribution in [3.8, 4) is 0 Å². The summed E-state index contributed by atoms with van der Waals surface area (Å²) in [7, 11) is 0. The highest BCUT2D eigenvalue weighted by atomic mass is 15.3. The molecule has 0 amide bonds. The fraction of sp³-hybridized carbons (Fsp3) is 0.619. The molecule has 5 aliphatic rings. The highest BCUT2D eigenvalue weighted by Gasteiger charge is 2.54. The number of aryl methyl sites for hydroxylation is 2. The van der Waals surface area contributed by atoms with E-state index in [1.54, 1.807) is 0 Å². The maximum Gasteiger partial charge on any atom is 0.139 e. The molecule has 3 nitrogen and oxygen atoms in total. The summed E-state index contributed by atoms with van der Waals surface area (Å²) in [5, 5.41) is 9.49. The van der Waals surface area contributed by atoms with E-state index in [0.717, 1.165) is 37.1 Å². The minimum atomic E-state index is 0.347. The minimum Gasteiger partial charge on any atom is -0.310 e. The van der Waals surface area contributed by atoms with E-state index in [0.29, 0.717) is 5.41 Å². The van der Waals surface area contributed by atoms with Crippen molar-refractivity contribution in [2.45, 2.75) is 63.3 Å². The van der Waals surface area contributed by atoms with E-state index in [4.69, 9.17) is 5.10 Å². The average Bonchev–Trinajstić information content (AvgIpc) is 2.88. The van der Waals surface area contributed by atoms with Crippen LogP contribution in [0.15, 0.2) is 24.3 Å². The number of aromatic nitrogens is 3. The van der Waals surface area contributed by atoms with Crippen molar-refractivity contribution in [3.63, 3.8) is 0 Å². The van der Waals surface area contributed by atoms with Crippen molar-refractivity contribution >= 4 is 0 Å². The first kappa shape index (κ1) is 13.6. The normalized spacial score (nSPS) is 36.2. The first-order valence-electron chi connectivity index (χ1n) is 9.78. The molecule has 2 aromatic rings. The Hall–Kier alpha value is -1.64. The summed E-state index contributed by atoms with van der Waals surface area (Å²) in [6, 6.07) is 8.94. The summed E-state index contributed by atoms with van der Waals surface area (Å²) in [5.74, 6) is 5.44. The lowest BCUT2D eigenvalue weighted by Crippen LogP contribution is -2.49. The maximum absolute atomic E-state index is 4.82. The highest BCUT2D eigenvalue weighted by Crippen LogP contribution is 2.60. The molecular formula is C21H25N3. The van der Waals surface area contributed by atoms with Crippen LogP contribution in [-0.2, 0) is 24.8 Å². The second-order valence-electron chi connectivity index (χ2n) is 8.99. The molecule has 4 fully saturated rings. The SMILES string of the molecule is c1ccc2c(c1)CCc1nnc(C34CC5CC(CC(C5)C3)C4)n1C2. The van der Waals surface area contributed by atoms with E-state index < -0.39 is 0 Å². The number of fused-ring (bicyclic) bond motifs is 2. The van der Waals surface area contributed by atoms with E-state index in [1.165, 1.54) is 61.3 Å². The Balaban J connectivity index is 1.45. The van der Waals surface area contributed by atoms with E-state index in [-0.39, 0.29) is 0 Å². The monoisotopic (exact) mass is 319 g/mol. The molecule has 4 bridgehead atoms. The van der Waals surface area contributed by atoms with Crippen LogP contribution in [0.25, 0.3) is 0 Å². The predicted molar refractivity (Wildman–Crippen MR) is 92.8 cm³/mol. The van der Waals surface area contributed by atoms with Crippen molar-refractivity contribution in [1.29, 1.82) is 0 Å². The molecule has 2 heterocycles. The Labute approximate surface area is 143 Å². The first-order valence-corrected chi connectivity index (χ1v) is 9.78. The Morgan fingerprint density at radius 3 is 2.21 bits per heavy atom. The molecule has 24 heavy (non-hydrogen) atoms. The van der Waals surface area contributed by atoms with Gasteiger partial charge < -0.3 is 4.57 Å². The van der Waals surface area contributed by atoms with Crippen molar-refractivity contribution in [2.24, 2.45) is 17.8 Å². The van der Waals surface area contributed by atoms with Gasteiger partial charge in [-0.05, 0) is 73.8 Å². The van der Waals surface area contributed by atoms with E-state index in [9.17, 15) is 0 Å². The van der Waals surface area contributed by atoms with Crippen LogP contribution in [0.3, 0.4) is 0 Å². The van der Waals surface area contributed by atoms with Crippen molar-refractivity contribution in [2.75, 3.05) is 0 Å². The van der Waals surface area contributed by atoms with E-state index in [2.05, 4.69) is 33.9 Å². The topological polar surface area (TPSA) is 30.7 Å². The van der Waals surface area contributed by atoms with Crippen LogP contribution >= 0.6 is 0 Å². The molecule has 1 aromatic heterocycles. The van der Waals surface area contributed by atoms with E-state index in [1.807, 2.05) is 0 Å². The molecule has 124 valence electrons. The molecule has 3 heteroatoms. The summed E-state index contributed by atoms with van der Waals surface area (Å²) in [6.07, 6.45) is 10.7. The zero-order valence-electron chi connectivity index (χ0n) is 14.2.